The first-order valence-electron chi connectivity index (χ1n) is 14.2. The third-order valence-corrected chi connectivity index (χ3v) is 7.39. The number of anilines is 1. The number of aromatic nitrogens is 7. The number of hydrogen-bond donors (Lipinski definition) is 3. The normalized spacial score (nSPS) is 11.1. The standard InChI is InChI=1S/C34H27N9O2/c1-21-18-30(44)43(41-21)29-16-11-24(20-37-29)34(45)38-19-22-9-12-25(13-10-22)42-32(26-8-5-17-36-31(26)35)40-28-15-14-27(39-33(28)42)23-6-3-2-4-7-23/h2-18,20,41H,19H2,1H3,(H2,35,36)(H,38,45). The highest BCUT2D eigenvalue weighted by molar-refractivity contribution is 5.94. The maximum absolute atomic E-state index is 12.9. The van der Waals surface area contributed by atoms with Crippen LogP contribution in [0.5, 0.6) is 0 Å². The molecule has 11 heteroatoms. The van der Waals surface area contributed by atoms with Crippen LogP contribution in [0.3, 0.4) is 0 Å². The van der Waals surface area contributed by atoms with Gasteiger partial charge in [-0.1, -0.05) is 42.5 Å². The van der Waals surface area contributed by atoms with Gasteiger partial charge in [0.1, 0.15) is 11.3 Å². The molecule has 5 heterocycles. The minimum absolute atomic E-state index is 0.215. The Bertz CT molecular complexity index is 2220. The molecule has 0 unspecified atom stereocenters. The number of fused-ring (bicyclic) bond motifs is 1. The second-order valence-corrected chi connectivity index (χ2v) is 10.5. The summed E-state index contributed by atoms with van der Waals surface area (Å²) in [6.45, 7) is 2.09. The third kappa shape index (κ3) is 5.34. The first kappa shape index (κ1) is 27.5. The zero-order valence-electron chi connectivity index (χ0n) is 24.2. The Morgan fingerprint density at radius 3 is 2.44 bits per heavy atom. The van der Waals surface area contributed by atoms with Crippen LogP contribution in [0.1, 0.15) is 21.6 Å². The first-order chi connectivity index (χ1) is 21.9. The number of benzene rings is 2. The van der Waals surface area contributed by atoms with Gasteiger partial charge in [0.05, 0.1) is 16.8 Å². The Kier molecular flexibility index (Phi) is 6.95. The Hall–Kier alpha value is -6.36. The van der Waals surface area contributed by atoms with Gasteiger partial charge in [-0.15, -0.1) is 0 Å². The number of rotatable bonds is 7. The zero-order valence-corrected chi connectivity index (χ0v) is 24.2. The molecule has 0 saturated heterocycles. The van der Waals surface area contributed by atoms with Crippen molar-refractivity contribution in [1.29, 1.82) is 0 Å². The molecule has 11 nitrogen and oxygen atoms in total. The van der Waals surface area contributed by atoms with Crippen LogP contribution in [-0.4, -0.2) is 40.2 Å². The highest BCUT2D eigenvalue weighted by Crippen LogP contribution is 2.31. The van der Waals surface area contributed by atoms with E-state index in [-0.39, 0.29) is 11.5 Å². The van der Waals surface area contributed by atoms with Crippen molar-refractivity contribution in [2.24, 2.45) is 0 Å². The summed E-state index contributed by atoms with van der Waals surface area (Å²) >= 11 is 0. The van der Waals surface area contributed by atoms with Gasteiger partial charge in [-0.2, -0.15) is 0 Å². The lowest BCUT2D eigenvalue weighted by Crippen LogP contribution is -2.23. The molecule has 5 aromatic heterocycles. The topological polar surface area (TPSA) is 149 Å². The number of H-pyrrole nitrogens is 1. The Morgan fingerprint density at radius 1 is 0.911 bits per heavy atom. The van der Waals surface area contributed by atoms with Crippen LogP contribution in [0.15, 0.2) is 114 Å². The highest BCUT2D eigenvalue weighted by Gasteiger charge is 2.19. The van der Waals surface area contributed by atoms with Crippen LogP contribution in [0.25, 0.3) is 45.3 Å². The number of nitrogens with one attached hydrogen (secondary N) is 2. The van der Waals surface area contributed by atoms with Crippen LogP contribution >= 0.6 is 0 Å². The van der Waals surface area contributed by atoms with Gasteiger partial charge in [0.15, 0.2) is 17.3 Å². The van der Waals surface area contributed by atoms with E-state index >= 15 is 0 Å². The molecule has 0 atom stereocenters. The Balaban J connectivity index is 1.16. The number of aromatic amines is 1. The molecule has 45 heavy (non-hydrogen) atoms. The molecule has 220 valence electrons. The summed E-state index contributed by atoms with van der Waals surface area (Å²) in [6, 6.07) is 30.2. The molecule has 1 amide bonds. The quantitative estimate of drug-likeness (QED) is 0.239. The lowest BCUT2D eigenvalue weighted by atomic mass is 10.1. The smallest absolute Gasteiger partial charge is 0.272 e. The van der Waals surface area contributed by atoms with Gasteiger partial charge >= 0.3 is 0 Å². The SMILES string of the molecule is Cc1cc(=O)n(-c2ccc(C(=O)NCc3ccc(-n4c(-c5cccnc5N)nc5ccc(-c6ccccc6)nc54)cc3)cn2)[nH]1. The second kappa shape index (κ2) is 11.4. The number of carbonyl (C=O) groups is 1. The predicted octanol–water partition coefficient (Wildman–Crippen LogP) is 4.84. The number of imidazole rings is 1. The molecule has 0 saturated carbocycles. The minimum atomic E-state index is -0.277. The number of carbonyl (C=O) groups excluding carboxylic acids is 1. The number of nitrogens with zero attached hydrogens (tertiary/aromatic N) is 6. The fourth-order valence-corrected chi connectivity index (χ4v) is 5.14. The fourth-order valence-electron chi connectivity index (χ4n) is 5.14. The second-order valence-electron chi connectivity index (χ2n) is 10.5. The summed E-state index contributed by atoms with van der Waals surface area (Å²) in [5, 5.41) is 5.86. The summed E-state index contributed by atoms with van der Waals surface area (Å²) in [6.07, 6.45) is 3.10. The van der Waals surface area contributed by atoms with Crippen molar-refractivity contribution in [1.82, 2.24) is 39.6 Å². The van der Waals surface area contributed by atoms with E-state index in [2.05, 4.69) is 20.4 Å². The molecule has 7 rings (SSSR count). The summed E-state index contributed by atoms with van der Waals surface area (Å²) < 4.78 is 3.30. The number of aryl methyl sites for hydroxylation is 1. The summed E-state index contributed by atoms with van der Waals surface area (Å²) in [5.74, 6) is 1.13. The molecule has 4 N–H and O–H groups in total. The van der Waals surface area contributed by atoms with E-state index in [1.54, 1.807) is 25.3 Å². The largest absolute Gasteiger partial charge is 0.383 e. The van der Waals surface area contributed by atoms with Gasteiger partial charge in [0.25, 0.3) is 11.5 Å². The van der Waals surface area contributed by atoms with Crippen LogP contribution in [0.4, 0.5) is 5.82 Å². The van der Waals surface area contributed by atoms with Gasteiger partial charge < -0.3 is 11.1 Å². The van der Waals surface area contributed by atoms with Gasteiger partial charge in [-0.25, -0.2) is 24.6 Å². The summed E-state index contributed by atoms with van der Waals surface area (Å²) in [7, 11) is 0. The lowest BCUT2D eigenvalue weighted by molar-refractivity contribution is 0.0950. The van der Waals surface area contributed by atoms with Crippen molar-refractivity contribution in [2.75, 3.05) is 5.73 Å². The number of nitrogen functional groups attached to an aromatic ring is 1. The van der Waals surface area contributed by atoms with E-state index in [0.29, 0.717) is 40.8 Å². The molecule has 0 radical (unpaired) electrons. The van der Waals surface area contributed by atoms with Gasteiger partial charge in [-0.05, 0) is 61.0 Å². The van der Waals surface area contributed by atoms with E-state index in [1.165, 1.54) is 16.9 Å². The molecular weight excluding hydrogens is 566 g/mol. The molecular formula is C34H27N9O2. The van der Waals surface area contributed by atoms with E-state index in [0.717, 1.165) is 33.7 Å². The Morgan fingerprint density at radius 2 is 1.73 bits per heavy atom. The number of amides is 1. The average molecular weight is 594 g/mol. The molecule has 0 bridgehead atoms. The van der Waals surface area contributed by atoms with Crippen LogP contribution in [0, 0.1) is 6.92 Å². The lowest BCUT2D eigenvalue weighted by Gasteiger charge is -2.12. The van der Waals surface area contributed by atoms with Gasteiger partial charge in [-0.3, -0.25) is 19.3 Å². The van der Waals surface area contributed by atoms with Crippen molar-refractivity contribution >= 4 is 22.9 Å². The Labute approximate surface area is 257 Å². The maximum Gasteiger partial charge on any atom is 0.272 e. The molecule has 0 aliphatic carbocycles. The van der Waals surface area contributed by atoms with E-state index in [1.807, 2.05) is 83.4 Å². The first-order valence-corrected chi connectivity index (χ1v) is 14.2. The summed E-state index contributed by atoms with van der Waals surface area (Å²) in [5.41, 5.74) is 12.8. The van der Waals surface area contributed by atoms with E-state index in [9.17, 15) is 9.59 Å². The number of pyridine rings is 3. The highest BCUT2D eigenvalue weighted by atomic mass is 16.1. The average Bonchev–Trinajstić information content (AvgIpc) is 3.62. The van der Waals surface area contributed by atoms with Crippen molar-refractivity contribution in [2.45, 2.75) is 13.5 Å². The molecule has 0 aliphatic heterocycles. The maximum atomic E-state index is 12.9. The van der Waals surface area contributed by atoms with Crippen LogP contribution in [0.2, 0.25) is 0 Å². The zero-order chi connectivity index (χ0) is 30.9. The molecule has 2 aromatic carbocycles. The van der Waals surface area contributed by atoms with Gasteiger partial charge in [0, 0.05) is 41.9 Å². The number of hydrogen-bond acceptors (Lipinski definition) is 7. The van der Waals surface area contributed by atoms with Crippen LogP contribution in [-0.2, 0) is 6.54 Å². The fraction of sp³-hybridized carbons (Fsp3) is 0.0588. The van der Waals surface area contributed by atoms with Crippen molar-refractivity contribution in [3.8, 4) is 34.2 Å². The molecule has 7 aromatic rings. The van der Waals surface area contributed by atoms with Gasteiger partial charge in [0.2, 0.25) is 0 Å². The van der Waals surface area contributed by atoms with E-state index < -0.39 is 0 Å². The molecule has 0 aliphatic rings. The van der Waals surface area contributed by atoms with E-state index in [4.69, 9.17) is 15.7 Å². The molecule has 0 fully saturated rings. The monoisotopic (exact) mass is 593 g/mol. The molecule has 0 spiro atoms. The van der Waals surface area contributed by atoms with Crippen molar-refractivity contribution in [3.05, 3.63) is 137 Å². The summed E-state index contributed by atoms with van der Waals surface area (Å²) in [4.78, 5) is 43.4. The van der Waals surface area contributed by atoms with Crippen LogP contribution < -0.4 is 16.6 Å². The minimum Gasteiger partial charge on any atom is -0.383 e. The predicted molar refractivity (Wildman–Crippen MR) is 172 cm³/mol. The van der Waals surface area contributed by atoms with Crippen molar-refractivity contribution in [3.63, 3.8) is 0 Å². The van der Waals surface area contributed by atoms with Crippen molar-refractivity contribution < 1.29 is 4.79 Å². The number of nitrogens with two attached hydrogens (primary N) is 1. The third-order valence-electron chi connectivity index (χ3n) is 7.39.